The highest BCUT2D eigenvalue weighted by atomic mass is 32.2. The van der Waals surface area contributed by atoms with Gasteiger partial charge in [0.05, 0.1) is 4.90 Å². The van der Waals surface area contributed by atoms with Gasteiger partial charge in [0, 0.05) is 38.1 Å². The van der Waals surface area contributed by atoms with Crippen LogP contribution in [0.5, 0.6) is 0 Å². The fourth-order valence-corrected chi connectivity index (χ4v) is 3.99. The van der Waals surface area contributed by atoms with Gasteiger partial charge in [-0.3, -0.25) is 0 Å². The number of halogens is 1. The molecule has 0 radical (unpaired) electrons. The lowest BCUT2D eigenvalue weighted by molar-refractivity contribution is 0.348. The smallest absolute Gasteiger partial charge is 0.218 e. The van der Waals surface area contributed by atoms with E-state index >= 15 is 0 Å². The van der Waals surface area contributed by atoms with Gasteiger partial charge in [-0.1, -0.05) is 18.2 Å². The zero-order valence-electron chi connectivity index (χ0n) is 14.0. The van der Waals surface area contributed by atoms with E-state index in [1.165, 1.54) is 30.5 Å². The third-order valence-corrected chi connectivity index (χ3v) is 5.93. The molecule has 1 fully saturated rings. The summed E-state index contributed by atoms with van der Waals surface area (Å²) >= 11 is 0. The number of hydrogen-bond donors (Lipinski definition) is 0. The van der Waals surface area contributed by atoms with E-state index in [-0.39, 0.29) is 15.6 Å². The quantitative estimate of drug-likeness (QED) is 0.774. The molecule has 1 aliphatic heterocycles. The molecule has 0 spiro atoms. The van der Waals surface area contributed by atoms with Crippen molar-refractivity contribution in [2.45, 2.75) is 4.90 Å². The van der Waals surface area contributed by atoms with Crippen LogP contribution in [0.2, 0.25) is 0 Å². The van der Waals surface area contributed by atoms with E-state index in [1.807, 2.05) is 11.0 Å². The van der Waals surface area contributed by atoms with Gasteiger partial charge in [0.15, 0.2) is 4.91 Å². The molecule has 0 aliphatic carbocycles. The van der Waals surface area contributed by atoms with Crippen LogP contribution in [0.15, 0.2) is 70.6 Å². The van der Waals surface area contributed by atoms with E-state index in [0.29, 0.717) is 26.2 Å². The number of benzene rings is 2. The number of nitrogens with zero attached hydrogens (tertiary/aromatic N) is 3. The molecular formula is C19H18FN3O2S. The van der Waals surface area contributed by atoms with E-state index in [0.717, 1.165) is 5.69 Å². The molecule has 1 heterocycles. The van der Waals surface area contributed by atoms with Crippen LogP contribution in [0.4, 0.5) is 10.1 Å². The Kier molecular flexibility index (Phi) is 5.24. The second-order valence-corrected chi connectivity index (χ2v) is 7.84. The lowest BCUT2D eigenvalue weighted by Gasteiger charge is -2.35. The first-order chi connectivity index (χ1) is 12.5. The van der Waals surface area contributed by atoms with Gasteiger partial charge in [-0.05, 0) is 36.4 Å². The first-order valence-corrected chi connectivity index (χ1v) is 9.65. The Balaban J connectivity index is 1.72. The Morgan fingerprint density at radius 2 is 1.62 bits per heavy atom. The normalized spacial score (nSPS) is 15.6. The van der Waals surface area contributed by atoms with Gasteiger partial charge >= 0.3 is 0 Å². The minimum atomic E-state index is -3.82. The molecule has 0 unspecified atom stereocenters. The highest BCUT2D eigenvalue weighted by molar-refractivity contribution is 7.95. The molecule has 3 rings (SSSR count). The van der Waals surface area contributed by atoms with Crippen molar-refractivity contribution < 1.29 is 12.8 Å². The molecule has 26 heavy (non-hydrogen) atoms. The molecule has 1 aliphatic rings. The van der Waals surface area contributed by atoms with Crippen LogP contribution in [0, 0.1) is 17.1 Å². The number of anilines is 1. The van der Waals surface area contributed by atoms with Crippen LogP contribution in [0.1, 0.15) is 0 Å². The van der Waals surface area contributed by atoms with Gasteiger partial charge < -0.3 is 9.80 Å². The fourth-order valence-electron chi connectivity index (χ4n) is 2.81. The highest BCUT2D eigenvalue weighted by Crippen LogP contribution is 2.21. The lowest BCUT2D eigenvalue weighted by atomic mass is 10.2. The third kappa shape index (κ3) is 3.86. The standard InChI is InChI=1S/C19H18FN3O2S/c20-16-6-8-17(9-7-16)23-12-10-22(11-13-23)15-19(14-21)26(24,25)18-4-2-1-3-5-18/h1-9,15H,10-13H2. The molecule has 0 atom stereocenters. The summed E-state index contributed by atoms with van der Waals surface area (Å²) in [5.74, 6) is -0.278. The van der Waals surface area contributed by atoms with Crippen LogP contribution in [-0.4, -0.2) is 39.5 Å². The zero-order chi connectivity index (χ0) is 18.6. The maximum absolute atomic E-state index is 13.0. The summed E-state index contributed by atoms with van der Waals surface area (Å²) in [6.45, 7) is 2.47. The Morgan fingerprint density at radius 3 is 2.19 bits per heavy atom. The summed E-state index contributed by atoms with van der Waals surface area (Å²) in [4.78, 5) is 3.78. The van der Waals surface area contributed by atoms with Crippen molar-refractivity contribution in [3.63, 3.8) is 0 Å². The fraction of sp³-hybridized carbons (Fsp3) is 0.211. The topological polar surface area (TPSA) is 64.4 Å². The molecule has 5 nitrogen and oxygen atoms in total. The molecule has 2 aromatic rings. The van der Waals surface area contributed by atoms with E-state index in [2.05, 4.69) is 4.90 Å². The van der Waals surface area contributed by atoms with Crippen LogP contribution >= 0.6 is 0 Å². The van der Waals surface area contributed by atoms with Crippen molar-refractivity contribution in [3.05, 3.63) is 71.5 Å². The maximum atomic E-state index is 13.0. The highest BCUT2D eigenvalue weighted by Gasteiger charge is 2.23. The molecule has 0 N–H and O–H groups in total. The number of sulfone groups is 1. The molecule has 0 aromatic heterocycles. The van der Waals surface area contributed by atoms with Crippen molar-refractivity contribution in [1.82, 2.24) is 4.90 Å². The van der Waals surface area contributed by atoms with E-state index < -0.39 is 9.84 Å². The molecule has 7 heteroatoms. The van der Waals surface area contributed by atoms with Crippen LogP contribution in [-0.2, 0) is 9.84 Å². The summed E-state index contributed by atoms with van der Waals surface area (Å²) < 4.78 is 38.2. The SMILES string of the molecule is N#CC(=CN1CCN(c2ccc(F)cc2)CC1)S(=O)(=O)c1ccccc1. The number of nitriles is 1. The van der Waals surface area contributed by atoms with Gasteiger partial charge in [0.25, 0.3) is 0 Å². The van der Waals surface area contributed by atoms with Crippen molar-refractivity contribution >= 4 is 15.5 Å². The van der Waals surface area contributed by atoms with E-state index in [1.54, 1.807) is 30.3 Å². The molecule has 2 aromatic carbocycles. The van der Waals surface area contributed by atoms with Crippen LogP contribution in [0.3, 0.4) is 0 Å². The maximum Gasteiger partial charge on any atom is 0.218 e. The molecule has 0 amide bonds. The molecule has 1 saturated heterocycles. The lowest BCUT2D eigenvalue weighted by Crippen LogP contribution is -2.44. The van der Waals surface area contributed by atoms with Gasteiger partial charge in [0.2, 0.25) is 9.84 Å². The van der Waals surface area contributed by atoms with Gasteiger partial charge in [-0.15, -0.1) is 0 Å². The average Bonchev–Trinajstić information content (AvgIpc) is 2.68. The molecule has 0 saturated carbocycles. The van der Waals surface area contributed by atoms with Gasteiger partial charge in [-0.25, -0.2) is 12.8 Å². The first kappa shape index (κ1) is 18.0. The van der Waals surface area contributed by atoms with E-state index in [9.17, 15) is 18.1 Å². The second-order valence-electron chi connectivity index (χ2n) is 5.92. The number of piperazine rings is 1. The van der Waals surface area contributed by atoms with Crippen molar-refractivity contribution in [1.29, 1.82) is 5.26 Å². The molecule has 0 bridgehead atoms. The summed E-state index contributed by atoms with van der Waals surface area (Å²) in [6.07, 6.45) is 1.42. The summed E-state index contributed by atoms with van der Waals surface area (Å²) in [6, 6.07) is 16.0. The predicted octanol–water partition coefficient (Wildman–Crippen LogP) is 2.79. The summed E-state index contributed by atoms with van der Waals surface area (Å²) in [5.41, 5.74) is 0.924. The zero-order valence-corrected chi connectivity index (χ0v) is 14.9. The van der Waals surface area contributed by atoms with Crippen molar-refractivity contribution in [3.8, 4) is 6.07 Å². The molecule has 134 valence electrons. The minimum absolute atomic E-state index is 0.109. The Hall–Kier alpha value is -2.85. The van der Waals surface area contributed by atoms with Crippen LogP contribution < -0.4 is 4.90 Å². The largest absolute Gasteiger partial charge is 0.372 e. The van der Waals surface area contributed by atoms with Gasteiger partial charge in [0.1, 0.15) is 11.9 Å². The number of allylic oxidation sites excluding steroid dienone is 1. The Morgan fingerprint density at radius 1 is 1.00 bits per heavy atom. The summed E-state index contributed by atoms with van der Waals surface area (Å²) in [7, 11) is -3.82. The predicted molar refractivity (Wildman–Crippen MR) is 97.5 cm³/mol. The van der Waals surface area contributed by atoms with Crippen LogP contribution in [0.25, 0.3) is 0 Å². The Labute approximate surface area is 152 Å². The molecular weight excluding hydrogens is 353 g/mol. The minimum Gasteiger partial charge on any atom is -0.372 e. The second kappa shape index (κ2) is 7.58. The van der Waals surface area contributed by atoms with Gasteiger partial charge in [-0.2, -0.15) is 5.26 Å². The number of rotatable bonds is 4. The van der Waals surface area contributed by atoms with E-state index in [4.69, 9.17) is 0 Å². The Bertz CT molecular complexity index is 927. The number of hydrogen-bond acceptors (Lipinski definition) is 5. The first-order valence-electron chi connectivity index (χ1n) is 8.17. The summed E-state index contributed by atoms with van der Waals surface area (Å²) in [5, 5.41) is 9.34. The monoisotopic (exact) mass is 371 g/mol. The van der Waals surface area contributed by atoms with Crippen molar-refractivity contribution in [2.24, 2.45) is 0 Å². The third-order valence-electron chi connectivity index (χ3n) is 4.26. The average molecular weight is 371 g/mol. The van der Waals surface area contributed by atoms with Crippen molar-refractivity contribution in [2.75, 3.05) is 31.1 Å².